The first kappa shape index (κ1) is 22.6. The number of methoxy groups -OCH3 is 1. The zero-order chi connectivity index (χ0) is 18.5. The van der Waals surface area contributed by atoms with Crippen molar-refractivity contribution in [3.8, 4) is 5.75 Å². The van der Waals surface area contributed by atoms with E-state index in [0.29, 0.717) is 0 Å². The van der Waals surface area contributed by atoms with Crippen molar-refractivity contribution in [2.24, 2.45) is 0 Å². The van der Waals surface area contributed by atoms with Crippen molar-refractivity contribution in [2.45, 2.75) is 72.6 Å². The van der Waals surface area contributed by atoms with Gasteiger partial charge < -0.3 is 0 Å². The molecule has 1 rings (SSSR count). The maximum absolute atomic E-state index is 9.79. The maximum atomic E-state index is 9.79. The van der Waals surface area contributed by atoms with Crippen LogP contribution in [0, 0.1) is 0 Å². The first-order valence-corrected chi connectivity index (χ1v) is 17.6. The third-order valence-corrected chi connectivity index (χ3v) is 21.2. The molecule has 1 aromatic carbocycles. The van der Waals surface area contributed by atoms with Crippen LogP contribution in [0.2, 0.25) is 13.3 Å². The van der Waals surface area contributed by atoms with Gasteiger partial charge in [0.1, 0.15) is 0 Å². The van der Waals surface area contributed by atoms with Crippen molar-refractivity contribution < 1.29 is 9.84 Å². The molecule has 1 aromatic rings. The van der Waals surface area contributed by atoms with E-state index in [9.17, 15) is 5.11 Å². The summed E-state index contributed by atoms with van der Waals surface area (Å²) in [5, 5.41) is 9.79. The van der Waals surface area contributed by atoms with Crippen LogP contribution in [0.15, 0.2) is 30.3 Å². The van der Waals surface area contributed by atoms with Gasteiger partial charge in [0, 0.05) is 0 Å². The Bertz CT molecular complexity index is 489. The quantitative estimate of drug-likeness (QED) is 0.348. The van der Waals surface area contributed by atoms with Gasteiger partial charge in [0.15, 0.2) is 0 Å². The van der Waals surface area contributed by atoms with Gasteiger partial charge in [-0.25, -0.2) is 0 Å². The van der Waals surface area contributed by atoms with Gasteiger partial charge >= 0.3 is 160 Å². The van der Waals surface area contributed by atoms with Crippen LogP contribution in [0.5, 0.6) is 5.75 Å². The standard InChI is InChI=1S/C10H11O2.3C4H9.Sn/c1-12-10-6-2-4-9(8-10)5-3-7-11;3*1-3-4-2;/h2-4,6,8,11H,7H2,1H3;3*1,3-4H2,2H3;. The van der Waals surface area contributed by atoms with E-state index in [1.54, 1.807) is 7.11 Å². The molecule has 142 valence electrons. The fourth-order valence-corrected chi connectivity index (χ4v) is 20.8. The predicted molar refractivity (Wildman–Crippen MR) is 113 cm³/mol. The number of benzene rings is 1. The fraction of sp³-hybridized carbons (Fsp3) is 0.636. The number of aliphatic hydroxyl groups is 1. The van der Waals surface area contributed by atoms with E-state index in [0.717, 1.165) is 5.75 Å². The zero-order valence-corrected chi connectivity index (χ0v) is 19.7. The van der Waals surface area contributed by atoms with Crippen molar-refractivity contribution in [1.29, 1.82) is 0 Å². The summed E-state index contributed by atoms with van der Waals surface area (Å²) in [5.74, 6) is 0.919. The molecule has 1 N–H and O–H groups in total. The molecule has 3 heteroatoms. The van der Waals surface area contributed by atoms with E-state index >= 15 is 0 Å². The molecule has 0 radical (unpaired) electrons. The molecule has 0 heterocycles. The zero-order valence-electron chi connectivity index (χ0n) is 16.8. The normalized spacial score (nSPS) is 12.4. The summed E-state index contributed by atoms with van der Waals surface area (Å²) in [5.41, 5.74) is 1.30. The average Bonchev–Trinajstić information content (AvgIpc) is 2.66. The van der Waals surface area contributed by atoms with Gasteiger partial charge in [0.05, 0.1) is 0 Å². The minimum atomic E-state index is -2.56. The Hall–Kier alpha value is -0.481. The van der Waals surface area contributed by atoms with E-state index < -0.39 is 18.4 Å². The molecule has 25 heavy (non-hydrogen) atoms. The van der Waals surface area contributed by atoms with Crippen LogP contribution < -0.4 is 4.74 Å². The summed E-state index contributed by atoms with van der Waals surface area (Å²) < 4.78 is 11.2. The van der Waals surface area contributed by atoms with Crippen LogP contribution >= 0.6 is 0 Å². The molecule has 0 unspecified atom stereocenters. The van der Waals surface area contributed by atoms with Crippen LogP contribution in [0.4, 0.5) is 0 Å². The first-order chi connectivity index (χ1) is 12.2. The van der Waals surface area contributed by atoms with Crippen molar-refractivity contribution in [3.05, 3.63) is 35.9 Å². The van der Waals surface area contributed by atoms with Gasteiger partial charge in [-0.05, 0) is 0 Å². The topological polar surface area (TPSA) is 29.5 Å². The number of rotatable bonds is 13. The Morgan fingerprint density at radius 1 is 1.00 bits per heavy atom. The summed E-state index contributed by atoms with van der Waals surface area (Å²) in [6.07, 6.45) is 9.93. The van der Waals surface area contributed by atoms with Crippen molar-refractivity contribution in [2.75, 3.05) is 13.7 Å². The molecule has 0 bridgehead atoms. The van der Waals surface area contributed by atoms with E-state index in [4.69, 9.17) is 4.74 Å². The SMILES string of the molecule is CCC[CH2][Sn]([CH2]CCC)([CH2]CCC)/[C](=C/CO)c1cccc(OC)c1. The van der Waals surface area contributed by atoms with Crippen molar-refractivity contribution >= 4 is 22.0 Å². The number of unbranched alkanes of at least 4 members (excludes halogenated alkanes) is 3. The summed E-state index contributed by atoms with van der Waals surface area (Å²) in [7, 11) is 1.73. The van der Waals surface area contributed by atoms with E-state index in [1.807, 2.05) is 6.07 Å². The summed E-state index contributed by atoms with van der Waals surface area (Å²) in [6.45, 7) is 7.06. The van der Waals surface area contributed by atoms with Crippen LogP contribution in [-0.4, -0.2) is 37.2 Å². The monoisotopic (exact) mass is 454 g/mol. The molecule has 0 aliphatic rings. The van der Waals surface area contributed by atoms with Gasteiger partial charge in [-0.2, -0.15) is 0 Å². The minimum absolute atomic E-state index is 0.148. The molecule has 0 aromatic heterocycles. The Labute approximate surface area is 159 Å². The van der Waals surface area contributed by atoms with Crippen LogP contribution in [0.25, 0.3) is 3.59 Å². The van der Waals surface area contributed by atoms with Crippen molar-refractivity contribution in [1.82, 2.24) is 0 Å². The van der Waals surface area contributed by atoms with E-state index in [-0.39, 0.29) is 6.61 Å². The second-order valence-electron chi connectivity index (χ2n) is 7.12. The van der Waals surface area contributed by atoms with Crippen LogP contribution in [0.1, 0.15) is 64.9 Å². The molecule has 0 fully saturated rings. The van der Waals surface area contributed by atoms with E-state index in [2.05, 4.69) is 45.0 Å². The van der Waals surface area contributed by atoms with Crippen LogP contribution in [0.3, 0.4) is 0 Å². The third kappa shape index (κ3) is 6.97. The Morgan fingerprint density at radius 2 is 1.56 bits per heavy atom. The third-order valence-electron chi connectivity index (χ3n) is 5.27. The number of ether oxygens (including phenoxy) is 1. The molecular weight excluding hydrogens is 415 g/mol. The molecule has 0 saturated heterocycles. The number of aliphatic hydroxyl groups excluding tert-OH is 1. The predicted octanol–water partition coefficient (Wildman–Crippen LogP) is 6.46. The molecular formula is C22H38O2Sn. The van der Waals surface area contributed by atoms with Crippen LogP contribution in [-0.2, 0) is 0 Å². The summed E-state index contributed by atoms with van der Waals surface area (Å²) >= 11 is -2.56. The molecule has 0 atom stereocenters. The fourth-order valence-electron chi connectivity index (χ4n) is 3.85. The number of hydrogen-bond acceptors (Lipinski definition) is 2. The second-order valence-corrected chi connectivity index (χ2v) is 20.3. The molecule has 0 amide bonds. The van der Waals surface area contributed by atoms with Gasteiger partial charge in [-0.1, -0.05) is 0 Å². The Morgan fingerprint density at radius 3 is 2.00 bits per heavy atom. The molecule has 2 nitrogen and oxygen atoms in total. The number of hydrogen-bond donors (Lipinski definition) is 1. The Kier molecular flexibility index (Phi) is 11.6. The molecule has 0 aliphatic carbocycles. The van der Waals surface area contributed by atoms with Crippen molar-refractivity contribution in [3.63, 3.8) is 0 Å². The van der Waals surface area contributed by atoms with Gasteiger partial charge in [-0.3, -0.25) is 0 Å². The molecule has 0 saturated carbocycles. The Balaban J connectivity index is 3.36. The van der Waals surface area contributed by atoms with Gasteiger partial charge in [0.25, 0.3) is 0 Å². The average molecular weight is 453 g/mol. The van der Waals surface area contributed by atoms with E-state index in [1.165, 1.54) is 61.0 Å². The van der Waals surface area contributed by atoms with Gasteiger partial charge in [-0.15, -0.1) is 0 Å². The van der Waals surface area contributed by atoms with Gasteiger partial charge in [0.2, 0.25) is 0 Å². The summed E-state index contributed by atoms with van der Waals surface area (Å²) in [6, 6.07) is 8.51. The summed E-state index contributed by atoms with van der Waals surface area (Å²) in [4.78, 5) is 0. The molecule has 0 spiro atoms. The molecule has 0 aliphatic heterocycles. The first-order valence-electron chi connectivity index (χ1n) is 10.1. The second kappa shape index (κ2) is 12.8.